The second kappa shape index (κ2) is 7.68. The molecule has 4 rings (SSSR count). The average molecular weight is 356 g/mol. The lowest BCUT2D eigenvalue weighted by Crippen LogP contribution is -2.42. The lowest BCUT2D eigenvalue weighted by atomic mass is 9.98. The molecule has 1 aromatic rings. The van der Waals surface area contributed by atoms with Crippen molar-refractivity contribution in [3.8, 4) is 5.75 Å². The first-order valence-electron chi connectivity index (χ1n) is 10.0. The van der Waals surface area contributed by atoms with E-state index < -0.39 is 0 Å². The topological polar surface area (TPSA) is 49.9 Å². The van der Waals surface area contributed by atoms with Crippen molar-refractivity contribution >= 4 is 11.8 Å². The summed E-state index contributed by atoms with van der Waals surface area (Å²) in [4.78, 5) is 28.7. The lowest BCUT2D eigenvalue weighted by molar-refractivity contribution is -0.134. The SMILES string of the molecule is O=C(c1cccc(OC[C@@H]2CCCN(C(=O)C3CC3)C2)c1)N1CCCC1. The predicted octanol–water partition coefficient (Wildman–Crippen LogP) is 2.95. The smallest absolute Gasteiger partial charge is 0.253 e. The fraction of sp³-hybridized carbons (Fsp3) is 0.619. The van der Waals surface area contributed by atoms with Gasteiger partial charge >= 0.3 is 0 Å². The monoisotopic (exact) mass is 356 g/mol. The number of benzene rings is 1. The molecule has 3 fully saturated rings. The van der Waals surface area contributed by atoms with Crippen LogP contribution in [-0.4, -0.2) is 54.4 Å². The quantitative estimate of drug-likeness (QED) is 0.815. The van der Waals surface area contributed by atoms with Gasteiger partial charge in [-0.2, -0.15) is 0 Å². The number of hydrogen-bond acceptors (Lipinski definition) is 3. The highest BCUT2D eigenvalue weighted by atomic mass is 16.5. The van der Waals surface area contributed by atoms with E-state index in [4.69, 9.17) is 4.74 Å². The van der Waals surface area contributed by atoms with Crippen molar-refractivity contribution in [1.29, 1.82) is 0 Å². The van der Waals surface area contributed by atoms with Gasteiger partial charge in [-0.25, -0.2) is 0 Å². The summed E-state index contributed by atoms with van der Waals surface area (Å²) in [6.07, 6.45) is 6.48. The van der Waals surface area contributed by atoms with Crippen LogP contribution >= 0.6 is 0 Å². The van der Waals surface area contributed by atoms with E-state index >= 15 is 0 Å². The number of likely N-dealkylation sites (tertiary alicyclic amines) is 2. The number of carbonyl (C=O) groups is 2. The van der Waals surface area contributed by atoms with E-state index in [0.717, 1.165) is 70.5 Å². The molecule has 0 bridgehead atoms. The van der Waals surface area contributed by atoms with E-state index in [0.29, 0.717) is 29.9 Å². The first-order chi connectivity index (χ1) is 12.7. The minimum absolute atomic E-state index is 0.104. The third kappa shape index (κ3) is 4.02. The molecule has 2 heterocycles. The predicted molar refractivity (Wildman–Crippen MR) is 99.1 cm³/mol. The first kappa shape index (κ1) is 17.4. The van der Waals surface area contributed by atoms with Crippen LogP contribution in [0.1, 0.15) is 48.9 Å². The van der Waals surface area contributed by atoms with Crippen LogP contribution in [0.2, 0.25) is 0 Å². The Hall–Kier alpha value is -2.04. The highest BCUT2D eigenvalue weighted by molar-refractivity contribution is 5.94. The molecular weight excluding hydrogens is 328 g/mol. The van der Waals surface area contributed by atoms with Crippen LogP contribution in [0.25, 0.3) is 0 Å². The van der Waals surface area contributed by atoms with Gasteiger partial charge in [0.25, 0.3) is 5.91 Å². The number of nitrogens with zero attached hydrogens (tertiary/aromatic N) is 2. The van der Waals surface area contributed by atoms with Gasteiger partial charge in [-0.3, -0.25) is 9.59 Å². The van der Waals surface area contributed by atoms with Gasteiger partial charge in [0.05, 0.1) is 6.61 Å². The highest BCUT2D eigenvalue weighted by Crippen LogP contribution is 2.32. The van der Waals surface area contributed by atoms with Gasteiger partial charge in [-0.1, -0.05) is 6.07 Å². The molecule has 2 amide bonds. The van der Waals surface area contributed by atoms with Crippen molar-refractivity contribution in [2.24, 2.45) is 11.8 Å². The zero-order valence-corrected chi connectivity index (χ0v) is 15.4. The number of piperidine rings is 1. The zero-order chi connectivity index (χ0) is 17.9. The van der Waals surface area contributed by atoms with Gasteiger partial charge in [-0.05, 0) is 56.7 Å². The van der Waals surface area contributed by atoms with Crippen LogP contribution < -0.4 is 4.74 Å². The molecule has 0 N–H and O–H groups in total. The van der Waals surface area contributed by atoms with E-state index in [-0.39, 0.29) is 5.91 Å². The van der Waals surface area contributed by atoms with Crippen molar-refractivity contribution in [1.82, 2.24) is 9.80 Å². The van der Waals surface area contributed by atoms with Crippen LogP contribution in [0.5, 0.6) is 5.75 Å². The van der Waals surface area contributed by atoms with Gasteiger partial charge in [0.2, 0.25) is 5.91 Å². The van der Waals surface area contributed by atoms with Gasteiger partial charge in [0.1, 0.15) is 5.75 Å². The van der Waals surface area contributed by atoms with Crippen molar-refractivity contribution < 1.29 is 14.3 Å². The van der Waals surface area contributed by atoms with E-state index in [1.807, 2.05) is 34.1 Å². The van der Waals surface area contributed by atoms with Crippen LogP contribution in [-0.2, 0) is 4.79 Å². The van der Waals surface area contributed by atoms with E-state index in [2.05, 4.69) is 0 Å². The molecule has 0 spiro atoms. The highest BCUT2D eigenvalue weighted by Gasteiger charge is 2.35. The van der Waals surface area contributed by atoms with Crippen molar-refractivity contribution in [3.63, 3.8) is 0 Å². The molecule has 0 aromatic heterocycles. The molecule has 5 nitrogen and oxygen atoms in total. The standard InChI is InChI=1S/C21H28N2O3/c24-20(17-8-9-17)23-12-4-5-16(14-23)15-26-19-7-3-6-18(13-19)21(25)22-10-1-2-11-22/h3,6-7,13,16-17H,1-2,4-5,8-12,14-15H2/t16-/m1/s1. The minimum atomic E-state index is 0.104. The largest absolute Gasteiger partial charge is 0.493 e. The van der Waals surface area contributed by atoms with Gasteiger partial charge < -0.3 is 14.5 Å². The maximum Gasteiger partial charge on any atom is 0.253 e. The van der Waals surface area contributed by atoms with Crippen molar-refractivity contribution in [2.75, 3.05) is 32.8 Å². The van der Waals surface area contributed by atoms with Gasteiger partial charge in [-0.15, -0.1) is 0 Å². The lowest BCUT2D eigenvalue weighted by Gasteiger charge is -2.32. The Morgan fingerprint density at radius 1 is 1.00 bits per heavy atom. The maximum atomic E-state index is 12.5. The Morgan fingerprint density at radius 2 is 1.77 bits per heavy atom. The number of rotatable bonds is 5. The van der Waals surface area contributed by atoms with E-state index in [1.165, 1.54) is 0 Å². The first-order valence-corrected chi connectivity index (χ1v) is 10.0. The fourth-order valence-electron chi connectivity index (χ4n) is 4.03. The van der Waals surface area contributed by atoms with E-state index in [9.17, 15) is 9.59 Å². The zero-order valence-electron chi connectivity index (χ0n) is 15.4. The second-order valence-electron chi connectivity index (χ2n) is 7.90. The maximum absolute atomic E-state index is 12.5. The fourth-order valence-corrected chi connectivity index (χ4v) is 4.03. The Kier molecular flexibility index (Phi) is 5.14. The average Bonchev–Trinajstić information content (AvgIpc) is 3.39. The third-order valence-electron chi connectivity index (χ3n) is 5.72. The number of amides is 2. The molecule has 1 aromatic carbocycles. The molecule has 2 saturated heterocycles. The Bertz CT molecular complexity index is 665. The number of carbonyl (C=O) groups excluding carboxylic acids is 2. The summed E-state index contributed by atoms with van der Waals surface area (Å²) in [6, 6.07) is 7.53. The van der Waals surface area contributed by atoms with Crippen LogP contribution in [0.15, 0.2) is 24.3 Å². The molecule has 1 saturated carbocycles. The Labute approximate surface area is 155 Å². The molecule has 2 aliphatic heterocycles. The van der Waals surface area contributed by atoms with E-state index in [1.54, 1.807) is 0 Å². The molecule has 140 valence electrons. The Morgan fingerprint density at radius 3 is 2.54 bits per heavy atom. The van der Waals surface area contributed by atoms with Gasteiger partial charge in [0.15, 0.2) is 0 Å². The van der Waals surface area contributed by atoms with Crippen LogP contribution in [0.3, 0.4) is 0 Å². The molecule has 0 unspecified atom stereocenters. The van der Waals surface area contributed by atoms with Gasteiger partial charge in [0, 0.05) is 43.6 Å². The summed E-state index contributed by atoms with van der Waals surface area (Å²) in [7, 11) is 0. The molecule has 1 aliphatic carbocycles. The normalized spacial score (nSPS) is 23.2. The summed E-state index contributed by atoms with van der Waals surface area (Å²) in [6.45, 7) is 4.02. The second-order valence-corrected chi connectivity index (χ2v) is 7.90. The summed E-state index contributed by atoms with van der Waals surface area (Å²) < 4.78 is 5.99. The summed E-state index contributed by atoms with van der Waals surface area (Å²) >= 11 is 0. The molecule has 3 aliphatic rings. The van der Waals surface area contributed by atoms with Crippen LogP contribution in [0, 0.1) is 11.8 Å². The number of ether oxygens (including phenoxy) is 1. The van der Waals surface area contributed by atoms with Crippen LogP contribution in [0.4, 0.5) is 0 Å². The molecule has 26 heavy (non-hydrogen) atoms. The molecular formula is C21H28N2O3. The number of hydrogen-bond donors (Lipinski definition) is 0. The summed E-state index contributed by atoms with van der Waals surface area (Å²) in [5, 5.41) is 0. The summed E-state index contributed by atoms with van der Waals surface area (Å²) in [5.41, 5.74) is 0.707. The van der Waals surface area contributed by atoms with Crippen molar-refractivity contribution in [3.05, 3.63) is 29.8 Å². The molecule has 1 atom stereocenters. The summed E-state index contributed by atoms with van der Waals surface area (Å²) in [5.74, 6) is 1.87. The third-order valence-corrected chi connectivity index (χ3v) is 5.72. The minimum Gasteiger partial charge on any atom is -0.493 e. The van der Waals surface area contributed by atoms with Crippen molar-refractivity contribution in [2.45, 2.75) is 38.5 Å². The molecule has 0 radical (unpaired) electrons. The molecule has 5 heteroatoms. The Balaban J connectivity index is 1.32.